The van der Waals surface area contributed by atoms with E-state index >= 15 is 0 Å². The Morgan fingerprint density at radius 1 is 1.19 bits per heavy atom. The van der Waals surface area contributed by atoms with E-state index in [9.17, 15) is 9.59 Å². The summed E-state index contributed by atoms with van der Waals surface area (Å²) in [5.41, 5.74) is 2.45. The van der Waals surface area contributed by atoms with Crippen LogP contribution in [0.5, 0.6) is 5.75 Å². The second-order valence-corrected chi connectivity index (χ2v) is 6.00. The minimum Gasteiger partial charge on any atom is -0.482 e. The van der Waals surface area contributed by atoms with Gasteiger partial charge in [0.1, 0.15) is 11.4 Å². The summed E-state index contributed by atoms with van der Waals surface area (Å²) in [6.45, 7) is 2.90. The molecule has 8 heteroatoms. The summed E-state index contributed by atoms with van der Waals surface area (Å²) in [4.78, 5) is 30.2. The highest BCUT2D eigenvalue weighted by Crippen LogP contribution is 2.30. The van der Waals surface area contributed by atoms with E-state index in [1.807, 2.05) is 6.07 Å². The van der Waals surface area contributed by atoms with Crippen LogP contribution < -0.4 is 20.3 Å². The zero-order valence-electron chi connectivity index (χ0n) is 14.0. The summed E-state index contributed by atoms with van der Waals surface area (Å²) < 4.78 is 10.7. The van der Waals surface area contributed by atoms with Gasteiger partial charge in [0.2, 0.25) is 0 Å². The van der Waals surface area contributed by atoms with Crippen LogP contribution in [0.2, 0.25) is 0 Å². The maximum Gasteiger partial charge on any atom is 0.274 e. The zero-order valence-corrected chi connectivity index (χ0v) is 14.0. The van der Waals surface area contributed by atoms with Crippen molar-refractivity contribution in [1.29, 1.82) is 0 Å². The number of fused-ring (bicyclic) bond motifs is 1. The molecule has 0 atom stereocenters. The first-order valence-corrected chi connectivity index (χ1v) is 8.36. The lowest BCUT2D eigenvalue weighted by molar-refractivity contribution is -0.118. The number of ether oxygens (including phenoxy) is 2. The lowest BCUT2D eigenvalue weighted by Crippen LogP contribution is -2.36. The fourth-order valence-corrected chi connectivity index (χ4v) is 2.91. The third-order valence-corrected chi connectivity index (χ3v) is 4.22. The standard InChI is InChI=1S/C18H18N4O4/c23-17-11-26-16-9-12(1-2-14(16)21-17)20-18(24)15-10-13(3-4-19-15)22-5-7-25-8-6-22/h1-4,9-10H,5-8,11H2,(H,20,24)(H,21,23). The Hall–Kier alpha value is -3.13. The summed E-state index contributed by atoms with van der Waals surface area (Å²) in [7, 11) is 0. The van der Waals surface area contributed by atoms with Gasteiger partial charge in [0.15, 0.2) is 6.61 Å². The molecule has 0 bridgehead atoms. The fraction of sp³-hybridized carbons (Fsp3) is 0.278. The predicted molar refractivity (Wildman–Crippen MR) is 95.8 cm³/mol. The van der Waals surface area contributed by atoms with Gasteiger partial charge in [0.25, 0.3) is 11.8 Å². The van der Waals surface area contributed by atoms with Crippen molar-refractivity contribution in [1.82, 2.24) is 4.98 Å². The lowest BCUT2D eigenvalue weighted by Gasteiger charge is -2.28. The van der Waals surface area contributed by atoms with Gasteiger partial charge in [0.05, 0.1) is 18.9 Å². The molecule has 2 aliphatic heterocycles. The van der Waals surface area contributed by atoms with E-state index in [-0.39, 0.29) is 18.4 Å². The summed E-state index contributed by atoms with van der Waals surface area (Å²) in [6.07, 6.45) is 1.63. The third kappa shape index (κ3) is 3.45. The van der Waals surface area contributed by atoms with Crippen LogP contribution in [0.25, 0.3) is 0 Å². The van der Waals surface area contributed by atoms with Crippen LogP contribution in [0.3, 0.4) is 0 Å². The molecule has 0 saturated carbocycles. The molecule has 0 radical (unpaired) electrons. The Morgan fingerprint density at radius 2 is 2.04 bits per heavy atom. The molecule has 1 aromatic heterocycles. The lowest BCUT2D eigenvalue weighted by atomic mass is 10.2. The Morgan fingerprint density at radius 3 is 2.88 bits per heavy atom. The molecule has 4 rings (SSSR count). The molecule has 1 aromatic carbocycles. The Kier molecular flexibility index (Phi) is 4.40. The molecule has 8 nitrogen and oxygen atoms in total. The second kappa shape index (κ2) is 7.01. The molecule has 0 aliphatic carbocycles. The van der Waals surface area contributed by atoms with Crippen molar-refractivity contribution in [2.75, 3.05) is 48.4 Å². The molecule has 1 saturated heterocycles. The van der Waals surface area contributed by atoms with Crippen LogP contribution in [0.1, 0.15) is 10.5 Å². The molecule has 134 valence electrons. The van der Waals surface area contributed by atoms with Crippen molar-refractivity contribution in [2.24, 2.45) is 0 Å². The topological polar surface area (TPSA) is 92.8 Å². The number of hydrogen-bond donors (Lipinski definition) is 2. The summed E-state index contributed by atoms with van der Waals surface area (Å²) in [6, 6.07) is 8.74. The van der Waals surface area contributed by atoms with Gasteiger partial charge in [-0.25, -0.2) is 0 Å². The molecule has 26 heavy (non-hydrogen) atoms. The Bertz CT molecular complexity index is 849. The van der Waals surface area contributed by atoms with Crippen molar-refractivity contribution in [3.05, 3.63) is 42.2 Å². The molecule has 2 N–H and O–H groups in total. The number of nitrogens with one attached hydrogen (secondary N) is 2. The van der Waals surface area contributed by atoms with E-state index in [4.69, 9.17) is 9.47 Å². The first-order valence-electron chi connectivity index (χ1n) is 8.36. The van der Waals surface area contributed by atoms with Crippen LogP contribution in [0.15, 0.2) is 36.5 Å². The monoisotopic (exact) mass is 354 g/mol. The molecule has 0 unspecified atom stereocenters. The van der Waals surface area contributed by atoms with Gasteiger partial charge < -0.3 is 25.0 Å². The molecular weight excluding hydrogens is 336 g/mol. The number of carbonyl (C=O) groups excluding carboxylic acids is 2. The number of hydrogen-bond acceptors (Lipinski definition) is 6. The van der Waals surface area contributed by atoms with Crippen molar-refractivity contribution in [3.8, 4) is 5.75 Å². The normalized spacial score (nSPS) is 16.3. The first-order chi connectivity index (χ1) is 12.7. The summed E-state index contributed by atoms with van der Waals surface area (Å²) in [5.74, 6) is 0.0238. The predicted octanol–water partition coefficient (Wildman–Crippen LogP) is 1.50. The second-order valence-electron chi connectivity index (χ2n) is 6.00. The van der Waals surface area contributed by atoms with Gasteiger partial charge in [-0.3, -0.25) is 14.6 Å². The van der Waals surface area contributed by atoms with E-state index < -0.39 is 0 Å². The molecule has 3 heterocycles. The van der Waals surface area contributed by atoms with Crippen LogP contribution in [-0.2, 0) is 9.53 Å². The smallest absolute Gasteiger partial charge is 0.274 e. The highest BCUT2D eigenvalue weighted by Gasteiger charge is 2.18. The van der Waals surface area contributed by atoms with Crippen LogP contribution in [0, 0.1) is 0 Å². The average Bonchev–Trinajstić information content (AvgIpc) is 2.69. The van der Waals surface area contributed by atoms with Gasteiger partial charge in [-0.05, 0) is 24.3 Å². The van der Waals surface area contributed by atoms with Crippen LogP contribution in [0.4, 0.5) is 17.1 Å². The maximum atomic E-state index is 12.5. The van der Waals surface area contributed by atoms with Gasteiger partial charge >= 0.3 is 0 Å². The van der Waals surface area contributed by atoms with Crippen molar-refractivity contribution in [2.45, 2.75) is 0 Å². The highest BCUT2D eigenvalue weighted by atomic mass is 16.5. The molecule has 0 spiro atoms. The Labute approximate surface area is 150 Å². The van der Waals surface area contributed by atoms with Gasteiger partial charge in [-0.1, -0.05) is 0 Å². The zero-order chi connectivity index (χ0) is 17.9. The summed E-state index contributed by atoms with van der Waals surface area (Å²) >= 11 is 0. The molecule has 1 fully saturated rings. The number of morpholine rings is 1. The van der Waals surface area contributed by atoms with Gasteiger partial charge in [-0.15, -0.1) is 0 Å². The first kappa shape index (κ1) is 16.3. The molecule has 2 amide bonds. The van der Waals surface area contributed by atoms with Crippen molar-refractivity contribution < 1.29 is 19.1 Å². The quantitative estimate of drug-likeness (QED) is 0.868. The number of rotatable bonds is 3. The summed E-state index contributed by atoms with van der Waals surface area (Å²) in [5, 5.41) is 5.52. The van der Waals surface area contributed by atoms with E-state index in [0.717, 1.165) is 18.8 Å². The average molecular weight is 354 g/mol. The van der Waals surface area contributed by atoms with Gasteiger partial charge in [0, 0.05) is 36.7 Å². The fourth-order valence-electron chi connectivity index (χ4n) is 2.91. The number of amides is 2. The van der Waals surface area contributed by atoms with E-state index in [1.165, 1.54) is 0 Å². The largest absolute Gasteiger partial charge is 0.482 e. The van der Waals surface area contributed by atoms with Crippen molar-refractivity contribution >= 4 is 28.9 Å². The van der Waals surface area contributed by atoms with E-state index in [2.05, 4.69) is 20.5 Å². The van der Waals surface area contributed by atoms with Crippen LogP contribution >= 0.6 is 0 Å². The van der Waals surface area contributed by atoms with E-state index in [1.54, 1.807) is 30.5 Å². The number of benzene rings is 1. The van der Waals surface area contributed by atoms with Gasteiger partial charge in [-0.2, -0.15) is 0 Å². The molecule has 2 aliphatic rings. The molecule has 2 aromatic rings. The van der Waals surface area contributed by atoms with Crippen LogP contribution in [-0.4, -0.2) is 49.7 Å². The number of carbonyl (C=O) groups is 2. The third-order valence-electron chi connectivity index (χ3n) is 4.22. The highest BCUT2D eigenvalue weighted by molar-refractivity contribution is 6.04. The maximum absolute atomic E-state index is 12.5. The number of pyridine rings is 1. The Balaban J connectivity index is 1.49. The number of nitrogens with zero attached hydrogens (tertiary/aromatic N) is 2. The van der Waals surface area contributed by atoms with E-state index in [0.29, 0.717) is 36.0 Å². The number of anilines is 3. The van der Waals surface area contributed by atoms with Crippen molar-refractivity contribution in [3.63, 3.8) is 0 Å². The minimum absolute atomic E-state index is 0.0342. The SMILES string of the molecule is O=C1COc2cc(NC(=O)c3cc(N4CCOCC4)ccn3)ccc2N1. The number of aromatic nitrogens is 1. The minimum atomic E-state index is -0.306. The molecular formula is C18H18N4O4.